The number of ether oxygens (including phenoxy) is 4. The standard InChI is InChI=1S/C34H31ClN4O4/c1-40-31-12-10-26-27(34(31)42-18-15-39-13-16-41-17-14-39)8-9-28-32(24(20-36)21-37-33(26)28)38-25-7-11-30(29(35)19-25)43-22-23-5-3-2-4-6-23/h2-12,19,21H,13-18,22H2,1H3,(H,37,38). The lowest BCUT2D eigenvalue weighted by Crippen LogP contribution is -2.38. The number of morpholine rings is 1. The molecule has 0 amide bonds. The normalized spacial score (nSPS) is 13.5. The largest absolute Gasteiger partial charge is 0.493 e. The van der Waals surface area contributed by atoms with Crippen LogP contribution in [0, 0.1) is 11.3 Å². The van der Waals surface area contributed by atoms with E-state index in [2.05, 4.69) is 16.3 Å². The molecule has 8 nitrogen and oxygen atoms in total. The van der Waals surface area contributed by atoms with Gasteiger partial charge in [-0.25, -0.2) is 0 Å². The second-order valence-electron chi connectivity index (χ2n) is 10.2. The zero-order valence-corrected chi connectivity index (χ0v) is 24.6. The number of pyridine rings is 1. The van der Waals surface area contributed by atoms with E-state index in [1.54, 1.807) is 19.4 Å². The van der Waals surface area contributed by atoms with Gasteiger partial charge < -0.3 is 24.3 Å². The molecule has 0 spiro atoms. The van der Waals surface area contributed by atoms with E-state index < -0.39 is 0 Å². The van der Waals surface area contributed by atoms with E-state index in [0.29, 0.717) is 46.7 Å². The highest BCUT2D eigenvalue weighted by atomic mass is 35.5. The van der Waals surface area contributed by atoms with Crippen molar-refractivity contribution in [2.75, 3.05) is 51.9 Å². The van der Waals surface area contributed by atoms with Crippen LogP contribution in [0.2, 0.25) is 5.02 Å². The Labute approximate surface area is 255 Å². The van der Waals surface area contributed by atoms with Crippen LogP contribution >= 0.6 is 11.6 Å². The summed E-state index contributed by atoms with van der Waals surface area (Å²) in [5.41, 5.74) is 3.59. The summed E-state index contributed by atoms with van der Waals surface area (Å²) in [5, 5.41) is 16.4. The summed E-state index contributed by atoms with van der Waals surface area (Å²) in [7, 11) is 1.64. The van der Waals surface area contributed by atoms with Crippen molar-refractivity contribution in [2.45, 2.75) is 6.61 Å². The minimum absolute atomic E-state index is 0.414. The highest BCUT2D eigenvalue weighted by Crippen LogP contribution is 2.41. The van der Waals surface area contributed by atoms with Gasteiger partial charge in [0, 0.05) is 47.7 Å². The van der Waals surface area contributed by atoms with Crippen LogP contribution < -0.4 is 19.5 Å². The fourth-order valence-electron chi connectivity index (χ4n) is 5.23. The number of hydrogen-bond acceptors (Lipinski definition) is 8. The average Bonchev–Trinajstić information content (AvgIpc) is 3.05. The van der Waals surface area contributed by atoms with Crippen LogP contribution in [0.1, 0.15) is 11.1 Å². The summed E-state index contributed by atoms with van der Waals surface area (Å²) in [4.78, 5) is 7.02. The van der Waals surface area contributed by atoms with Crippen molar-refractivity contribution in [3.8, 4) is 23.3 Å². The predicted octanol–water partition coefficient (Wildman–Crippen LogP) is 6.96. The van der Waals surface area contributed by atoms with Gasteiger partial charge in [0.15, 0.2) is 11.5 Å². The molecule has 4 aromatic carbocycles. The number of methoxy groups -OCH3 is 1. The van der Waals surface area contributed by atoms with Gasteiger partial charge in [-0.1, -0.05) is 41.9 Å². The molecule has 1 aromatic heterocycles. The molecule has 2 heterocycles. The molecule has 9 heteroatoms. The van der Waals surface area contributed by atoms with E-state index in [-0.39, 0.29) is 0 Å². The van der Waals surface area contributed by atoms with E-state index in [9.17, 15) is 5.26 Å². The number of nitrogens with zero attached hydrogens (tertiary/aromatic N) is 3. The molecule has 1 fully saturated rings. The number of benzene rings is 4. The van der Waals surface area contributed by atoms with Crippen LogP contribution in [-0.2, 0) is 11.3 Å². The van der Waals surface area contributed by atoms with Crippen molar-refractivity contribution in [1.29, 1.82) is 5.26 Å². The topological polar surface area (TPSA) is 88.9 Å². The molecule has 1 saturated heterocycles. The molecule has 0 unspecified atom stereocenters. The van der Waals surface area contributed by atoms with Gasteiger partial charge in [0.25, 0.3) is 0 Å². The Kier molecular flexibility index (Phi) is 8.75. The molecule has 218 valence electrons. The molecular formula is C34H31ClN4O4. The number of rotatable bonds is 10. The number of nitriles is 1. The number of halogens is 1. The summed E-state index contributed by atoms with van der Waals surface area (Å²) < 4.78 is 23.3. The van der Waals surface area contributed by atoms with Crippen LogP contribution in [-0.4, -0.2) is 56.4 Å². The SMILES string of the molecule is COc1ccc2c(ccc3c(Nc4ccc(OCc5ccccc5)c(Cl)c4)c(C#N)cnc32)c1OCCN1CCOCC1. The van der Waals surface area contributed by atoms with Crippen LogP contribution in [0.15, 0.2) is 79.0 Å². The molecule has 43 heavy (non-hydrogen) atoms. The zero-order valence-electron chi connectivity index (χ0n) is 23.8. The number of nitrogens with one attached hydrogen (secondary N) is 1. The fraction of sp³-hybridized carbons (Fsp3) is 0.235. The molecule has 1 N–H and O–H groups in total. The summed E-state index contributed by atoms with van der Waals surface area (Å²) in [6, 6.07) is 25.5. The molecule has 6 rings (SSSR count). The van der Waals surface area contributed by atoms with Crippen LogP contribution in [0.25, 0.3) is 21.7 Å². The first-order chi connectivity index (χ1) is 21.1. The molecule has 0 bridgehead atoms. The van der Waals surface area contributed by atoms with Crippen molar-refractivity contribution < 1.29 is 18.9 Å². The maximum absolute atomic E-state index is 9.94. The summed E-state index contributed by atoms with van der Waals surface area (Å²) in [5.74, 6) is 1.91. The molecule has 5 aromatic rings. The van der Waals surface area contributed by atoms with Crippen LogP contribution in [0.5, 0.6) is 17.2 Å². The maximum Gasteiger partial charge on any atom is 0.169 e. The first-order valence-electron chi connectivity index (χ1n) is 14.1. The average molecular weight is 595 g/mol. The van der Waals surface area contributed by atoms with Crippen LogP contribution in [0.4, 0.5) is 11.4 Å². The fourth-order valence-corrected chi connectivity index (χ4v) is 5.46. The van der Waals surface area contributed by atoms with E-state index in [4.69, 9.17) is 35.5 Å². The minimum atomic E-state index is 0.414. The quantitative estimate of drug-likeness (QED) is 0.174. The lowest BCUT2D eigenvalue weighted by Gasteiger charge is -2.26. The Morgan fingerprint density at radius 1 is 0.953 bits per heavy atom. The number of anilines is 2. The zero-order chi connectivity index (χ0) is 29.6. The number of hydrogen-bond donors (Lipinski definition) is 1. The molecule has 1 aliphatic rings. The van der Waals surface area contributed by atoms with Gasteiger partial charge in [-0.3, -0.25) is 9.88 Å². The lowest BCUT2D eigenvalue weighted by atomic mass is 10.0. The van der Waals surface area contributed by atoms with Crippen molar-refractivity contribution in [3.63, 3.8) is 0 Å². The summed E-state index contributed by atoms with van der Waals surface area (Å²) in [6.07, 6.45) is 1.59. The second kappa shape index (κ2) is 13.2. The lowest BCUT2D eigenvalue weighted by molar-refractivity contribution is 0.0322. The molecular weight excluding hydrogens is 564 g/mol. The van der Waals surface area contributed by atoms with Crippen molar-refractivity contribution in [2.24, 2.45) is 0 Å². The molecule has 0 radical (unpaired) electrons. The van der Waals surface area contributed by atoms with Gasteiger partial charge in [0.2, 0.25) is 0 Å². The van der Waals surface area contributed by atoms with Gasteiger partial charge in [0.05, 0.1) is 42.1 Å². The Balaban J connectivity index is 1.29. The third-order valence-electron chi connectivity index (χ3n) is 7.48. The van der Waals surface area contributed by atoms with Crippen molar-refractivity contribution >= 4 is 44.7 Å². The highest BCUT2D eigenvalue weighted by Gasteiger charge is 2.18. The molecule has 0 saturated carbocycles. The van der Waals surface area contributed by atoms with E-state index in [1.807, 2.05) is 66.7 Å². The Morgan fingerprint density at radius 2 is 1.72 bits per heavy atom. The van der Waals surface area contributed by atoms with Crippen LogP contribution in [0.3, 0.4) is 0 Å². The number of fused-ring (bicyclic) bond motifs is 3. The van der Waals surface area contributed by atoms with E-state index >= 15 is 0 Å². The summed E-state index contributed by atoms with van der Waals surface area (Å²) >= 11 is 6.59. The maximum atomic E-state index is 9.94. The molecule has 0 aliphatic carbocycles. The highest BCUT2D eigenvalue weighted by molar-refractivity contribution is 6.32. The van der Waals surface area contributed by atoms with Gasteiger partial charge in [-0.15, -0.1) is 0 Å². The smallest absolute Gasteiger partial charge is 0.169 e. The second-order valence-corrected chi connectivity index (χ2v) is 10.6. The first-order valence-corrected chi connectivity index (χ1v) is 14.5. The van der Waals surface area contributed by atoms with Gasteiger partial charge in [-0.05, 0) is 48.0 Å². The van der Waals surface area contributed by atoms with E-state index in [0.717, 1.165) is 65.8 Å². The van der Waals surface area contributed by atoms with E-state index in [1.165, 1.54) is 0 Å². The number of aromatic nitrogens is 1. The van der Waals surface area contributed by atoms with Gasteiger partial charge >= 0.3 is 0 Å². The third kappa shape index (κ3) is 6.30. The first kappa shape index (κ1) is 28.6. The Morgan fingerprint density at radius 3 is 2.49 bits per heavy atom. The minimum Gasteiger partial charge on any atom is -0.493 e. The molecule has 1 aliphatic heterocycles. The Bertz CT molecular complexity index is 1790. The van der Waals surface area contributed by atoms with Crippen molar-refractivity contribution in [1.82, 2.24) is 9.88 Å². The predicted molar refractivity (Wildman–Crippen MR) is 169 cm³/mol. The summed E-state index contributed by atoms with van der Waals surface area (Å²) in [6.45, 7) is 5.02. The monoisotopic (exact) mass is 594 g/mol. The Hall–Kier alpha value is -4.55. The van der Waals surface area contributed by atoms with Gasteiger partial charge in [-0.2, -0.15) is 5.26 Å². The third-order valence-corrected chi connectivity index (χ3v) is 7.78. The van der Waals surface area contributed by atoms with Crippen molar-refractivity contribution in [3.05, 3.63) is 95.1 Å². The molecule has 0 atom stereocenters. The van der Waals surface area contributed by atoms with Gasteiger partial charge in [0.1, 0.15) is 25.0 Å².